The lowest BCUT2D eigenvalue weighted by Crippen LogP contribution is -2.26. The minimum absolute atomic E-state index is 0.153. The Kier molecular flexibility index (Phi) is 7.36. The van der Waals surface area contributed by atoms with Gasteiger partial charge in [-0.2, -0.15) is 0 Å². The molecule has 0 spiro atoms. The fourth-order valence-corrected chi connectivity index (χ4v) is 4.85. The number of urea groups is 1. The smallest absolute Gasteiger partial charge is 0.308 e. The second-order valence-electron chi connectivity index (χ2n) is 9.82. The van der Waals surface area contributed by atoms with Crippen LogP contribution in [0.1, 0.15) is 17.0 Å². The normalized spacial score (nSPS) is 10.8. The Bertz CT molecular complexity index is 1850. The molecule has 0 radical (unpaired) electrons. The molecule has 5 aromatic carbocycles. The summed E-state index contributed by atoms with van der Waals surface area (Å²) in [7, 11) is 0. The van der Waals surface area contributed by atoms with Crippen LogP contribution in [0.15, 0.2) is 138 Å². The van der Waals surface area contributed by atoms with Gasteiger partial charge in [0.05, 0.1) is 17.4 Å². The lowest BCUT2D eigenvalue weighted by molar-refractivity contribution is 0.262. The number of fused-ring (bicyclic) bond motifs is 1. The number of hydrogen-bond acceptors (Lipinski definition) is 3. The molecule has 200 valence electrons. The summed E-state index contributed by atoms with van der Waals surface area (Å²) in [5.74, 6) is 0.684. The van der Waals surface area contributed by atoms with Crippen LogP contribution in [0.3, 0.4) is 0 Å². The third-order valence-corrected chi connectivity index (χ3v) is 6.93. The van der Waals surface area contributed by atoms with Gasteiger partial charge in [-0.05, 0) is 52.6 Å². The average molecular weight is 537 g/mol. The van der Waals surface area contributed by atoms with Gasteiger partial charge >= 0.3 is 6.03 Å². The molecule has 1 aromatic heterocycles. The van der Waals surface area contributed by atoms with Crippen molar-refractivity contribution in [2.24, 2.45) is 0 Å². The molecule has 0 aliphatic carbocycles. The maximum absolute atomic E-state index is 14.0. The van der Waals surface area contributed by atoms with Crippen molar-refractivity contribution in [3.8, 4) is 11.1 Å². The zero-order valence-electron chi connectivity index (χ0n) is 22.3. The summed E-state index contributed by atoms with van der Waals surface area (Å²) in [6, 6.07) is 42.5. The maximum atomic E-state index is 14.0. The van der Waals surface area contributed by atoms with E-state index in [9.17, 15) is 9.59 Å². The van der Waals surface area contributed by atoms with Gasteiger partial charge in [-0.3, -0.25) is 9.36 Å². The van der Waals surface area contributed by atoms with E-state index in [2.05, 4.69) is 47.0 Å². The van der Waals surface area contributed by atoms with Crippen LogP contribution in [0, 0.1) is 0 Å². The lowest BCUT2D eigenvalue weighted by Gasteiger charge is -2.15. The van der Waals surface area contributed by atoms with E-state index in [0.29, 0.717) is 41.1 Å². The molecule has 6 heteroatoms. The Morgan fingerprint density at radius 2 is 1.24 bits per heavy atom. The van der Waals surface area contributed by atoms with Gasteiger partial charge in [0.15, 0.2) is 0 Å². The number of benzene rings is 5. The molecule has 2 amide bonds. The highest BCUT2D eigenvalue weighted by molar-refractivity contribution is 6.00. The van der Waals surface area contributed by atoms with E-state index in [0.717, 1.165) is 22.3 Å². The van der Waals surface area contributed by atoms with Crippen molar-refractivity contribution < 1.29 is 4.79 Å². The van der Waals surface area contributed by atoms with Gasteiger partial charge in [0.2, 0.25) is 0 Å². The highest BCUT2D eigenvalue weighted by Gasteiger charge is 2.14. The molecule has 0 saturated heterocycles. The molecule has 0 fully saturated rings. The fraction of sp³-hybridized carbons (Fsp3) is 0.0571. The first-order valence-electron chi connectivity index (χ1n) is 13.5. The molecule has 0 unspecified atom stereocenters. The highest BCUT2D eigenvalue weighted by Crippen LogP contribution is 2.21. The van der Waals surface area contributed by atoms with E-state index in [4.69, 9.17) is 4.98 Å². The molecule has 6 rings (SSSR count). The summed E-state index contributed by atoms with van der Waals surface area (Å²) < 4.78 is 1.74. The molecule has 0 aliphatic heterocycles. The van der Waals surface area contributed by atoms with Crippen LogP contribution >= 0.6 is 0 Å². The van der Waals surface area contributed by atoms with Gasteiger partial charge in [0.1, 0.15) is 5.82 Å². The van der Waals surface area contributed by atoms with Crippen molar-refractivity contribution >= 4 is 28.3 Å². The molecule has 0 aliphatic rings. The van der Waals surface area contributed by atoms with Crippen molar-refractivity contribution in [3.05, 3.63) is 161 Å². The Morgan fingerprint density at radius 3 is 1.95 bits per heavy atom. The van der Waals surface area contributed by atoms with Gasteiger partial charge in [-0.25, -0.2) is 9.78 Å². The van der Waals surface area contributed by atoms with Crippen LogP contribution in [0.4, 0.5) is 16.2 Å². The number of amides is 2. The number of carbonyl (C=O) groups is 1. The lowest BCUT2D eigenvalue weighted by atomic mass is 10.0. The minimum atomic E-state index is -0.386. The van der Waals surface area contributed by atoms with Crippen molar-refractivity contribution in [2.75, 3.05) is 10.6 Å². The molecular formula is C35H28N4O2. The molecule has 2 N–H and O–H groups in total. The summed E-state index contributed by atoms with van der Waals surface area (Å²) >= 11 is 0. The number of aromatic nitrogens is 2. The summed E-state index contributed by atoms with van der Waals surface area (Å²) in [6.45, 7) is 0.380. The van der Waals surface area contributed by atoms with Crippen LogP contribution in [-0.4, -0.2) is 15.6 Å². The molecule has 6 aromatic rings. The predicted octanol–water partition coefficient (Wildman–Crippen LogP) is 7.35. The van der Waals surface area contributed by atoms with E-state index in [-0.39, 0.29) is 11.6 Å². The number of anilines is 2. The van der Waals surface area contributed by atoms with Gasteiger partial charge in [0.25, 0.3) is 5.56 Å². The monoisotopic (exact) mass is 536 g/mol. The zero-order valence-corrected chi connectivity index (χ0v) is 22.3. The van der Waals surface area contributed by atoms with E-state index in [1.165, 1.54) is 0 Å². The molecule has 6 nitrogen and oxygen atoms in total. The number of carbonyl (C=O) groups excluding carboxylic acids is 1. The Hall–Kier alpha value is -5.49. The quantitative estimate of drug-likeness (QED) is 0.224. The zero-order chi connectivity index (χ0) is 28.0. The molecule has 0 bridgehead atoms. The first kappa shape index (κ1) is 25.8. The van der Waals surface area contributed by atoms with E-state index >= 15 is 0 Å². The van der Waals surface area contributed by atoms with Gasteiger partial charge in [-0.1, -0.05) is 103 Å². The van der Waals surface area contributed by atoms with E-state index in [1.54, 1.807) is 22.8 Å². The molecule has 1 heterocycles. The summed E-state index contributed by atoms with van der Waals surface area (Å²) in [5.41, 5.74) is 5.96. The topological polar surface area (TPSA) is 76.0 Å². The maximum Gasteiger partial charge on any atom is 0.323 e. The van der Waals surface area contributed by atoms with Crippen LogP contribution in [0.25, 0.3) is 22.0 Å². The van der Waals surface area contributed by atoms with Crippen LogP contribution < -0.4 is 16.2 Å². The number of para-hydroxylation sites is 1. The number of rotatable bonds is 7. The van der Waals surface area contributed by atoms with E-state index in [1.807, 2.05) is 78.9 Å². The number of nitrogens with zero attached hydrogens (tertiary/aromatic N) is 2. The highest BCUT2D eigenvalue weighted by atomic mass is 16.2. The van der Waals surface area contributed by atoms with Crippen molar-refractivity contribution in [2.45, 2.75) is 13.0 Å². The molecule has 0 atom stereocenters. The van der Waals surface area contributed by atoms with Gasteiger partial charge in [-0.15, -0.1) is 0 Å². The predicted molar refractivity (Wildman–Crippen MR) is 165 cm³/mol. The van der Waals surface area contributed by atoms with Crippen LogP contribution in [0.5, 0.6) is 0 Å². The number of hydrogen-bond donors (Lipinski definition) is 2. The van der Waals surface area contributed by atoms with Crippen molar-refractivity contribution in [3.63, 3.8) is 0 Å². The number of nitrogens with one attached hydrogen (secondary N) is 2. The Morgan fingerprint density at radius 1 is 0.634 bits per heavy atom. The fourth-order valence-electron chi connectivity index (χ4n) is 4.85. The summed E-state index contributed by atoms with van der Waals surface area (Å²) in [4.78, 5) is 31.4. The van der Waals surface area contributed by atoms with Crippen LogP contribution in [0.2, 0.25) is 0 Å². The molecule has 0 saturated carbocycles. The second kappa shape index (κ2) is 11.7. The van der Waals surface area contributed by atoms with Crippen molar-refractivity contribution in [1.29, 1.82) is 0 Å². The third-order valence-electron chi connectivity index (χ3n) is 6.93. The molecule has 41 heavy (non-hydrogen) atoms. The average Bonchev–Trinajstić information content (AvgIpc) is 3.01. The summed E-state index contributed by atoms with van der Waals surface area (Å²) in [5, 5.41) is 6.07. The third kappa shape index (κ3) is 6.07. The van der Waals surface area contributed by atoms with Crippen molar-refractivity contribution in [1.82, 2.24) is 9.55 Å². The first-order valence-corrected chi connectivity index (χ1v) is 13.5. The van der Waals surface area contributed by atoms with Crippen LogP contribution in [-0.2, 0) is 13.0 Å². The van der Waals surface area contributed by atoms with Gasteiger partial charge < -0.3 is 10.6 Å². The largest absolute Gasteiger partial charge is 0.323 e. The second-order valence-corrected chi connectivity index (χ2v) is 9.82. The summed E-state index contributed by atoms with van der Waals surface area (Å²) in [6.07, 6.45) is 0.521. The Balaban J connectivity index is 1.34. The Labute approximate surface area is 238 Å². The standard InChI is InChI=1S/C35H28N4O2/c40-34-31-23-30(37-35(41)36-29-14-8-3-9-15-29)20-21-32(31)38-33(22-25-10-4-1-5-11-25)39(34)24-26-16-18-28(19-17-26)27-12-6-2-7-13-27/h1-21,23H,22,24H2,(H2,36,37,41). The van der Waals surface area contributed by atoms with E-state index < -0.39 is 0 Å². The first-order chi connectivity index (χ1) is 20.1. The minimum Gasteiger partial charge on any atom is -0.308 e. The van der Waals surface area contributed by atoms with Gasteiger partial charge in [0, 0.05) is 17.8 Å². The molecular weight excluding hydrogens is 508 g/mol. The SMILES string of the molecule is O=C(Nc1ccccc1)Nc1ccc2nc(Cc3ccccc3)n(Cc3ccc(-c4ccccc4)cc3)c(=O)c2c1.